The minimum Gasteiger partial charge on any atom is -0.382 e. The molecule has 15 heavy (non-hydrogen) atoms. The minimum absolute atomic E-state index is 0.207. The van der Waals surface area contributed by atoms with Crippen LogP contribution in [0.2, 0.25) is 0 Å². The topological polar surface area (TPSA) is 38.0 Å². The van der Waals surface area contributed by atoms with Crippen LogP contribution in [0.4, 0.5) is 14.5 Å². The van der Waals surface area contributed by atoms with Crippen molar-refractivity contribution in [1.29, 1.82) is 0 Å². The van der Waals surface area contributed by atoms with Gasteiger partial charge in [0.1, 0.15) is 11.6 Å². The summed E-state index contributed by atoms with van der Waals surface area (Å²) < 4.78 is 25.9. The fourth-order valence-corrected chi connectivity index (χ4v) is 1.30. The normalized spacial score (nSPS) is 12.5. The minimum atomic E-state index is -0.439. The fourth-order valence-electron chi connectivity index (χ4n) is 1.30. The Hall–Kier alpha value is -1.16. The molecule has 0 spiro atoms. The van der Waals surface area contributed by atoms with Crippen LogP contribution in [0.3, 0.4) is 0 Å². The Labute approximate surface area is 88.5 Å². The van der Waals surface area contributed by atoms with E-state index in [2.05, 4.69) is 5.32 Å². The lowest BCUT2D eigenvalue weighted by molar-refractivity contribution is 0.561. The van der Waals surface area contributed by atoms with Gasteiger partial charge in [-0.15, -0.1) is 0 Å². The first kappa shape index (κ1) is 11.9. The molecule has 0 fully saturated rings. The maximum Gasteiger partial charge on any atom is 0.146 e. The van der Waals surface area contributed by atoms with Gasteiger partial charge in [-0.05, 0) is 37.1 Å². The number of nitrogens with one attached hydrogen (secondary N) is 1. The molecule has 0 heterocycles. The van der Waals surface area contributed by atoms with Crippen molar-refractivity contribution in [3.63, 3.8) is 0 Å². The molecule has 84 valence electrons. The molecular weight excluding hydrogens is 198 g/mol. The van der Waals surface area contributed by atoms with Gasteiger partial charge in [-0.1, -0.05) is 6.92 Å². The molecule has 0 aliphatic carbocycles. The van der Waals surface area contributed by atoms with Crippen molar-refractivity contribution in [3.05, 3.63) is 29.8 Å². The van der Waals surface area contributed by atoms with Crippen molar-refractivity contribution in [2.45, 2.75) is 13.3 Å². The Kier molecular flexibility index (Phi) is 4.49. The van der Waals surface area contributed by atoms with Gasteiger partial charge in [-0.3, -0.25) is 0 Å². The number of hydrogen-bond acceptors (Lipinski definition) is 2. The van der Waals surface area contributed by atoms with Crippen LogP contribution >= 0.6 is 0 Å². The molecule has 0 aromatic heterocycles. The summed E-state index contributed by atoms with van der Waals surface area (Å²) in [7, 11) is 0. The molecule has 1 unspecified atom stereocenters. The van der Waals surface area contributed by atoms with Crippen molar-refractivity contribution in [1.82, 2.24) is 0 Å². The Morgan fingerprint density at radius 3 is 2.80 bits per heavy atom. The molecule has 0 aliphatic heterocycles. The van der Waals surface area contributed by atoms with E-state index in [1.165, 1.54) is 0 Å². The van der Waals surface area contributed by atoms with E-state index in [-0.39, 0.29) is 5.69 Å². The molecule has 4 heteroatoms. The highest BCUT2D eigenvalue weighted by Gasteiger charge is 2.05. The SMILES string of the molecule is CC(CCN)CNc1cc(F)ccc1F. The second kappa shape index (κ2) is 5.66. The van der Waals surface area contributed by atoms with Crippen molar-refractivity contribution in [2.75, 3.05) is 18.4 Å². The van der Waals surface area contributed by atoms with Crippen molar-refractivity contribution in [2.24, 2.45) is 11.7 Å². The second-order valence-electron chi connectivity index (χ2n) is 3.69. The number of hydrogen-bond donors (Lipinski definition) is 2. The standard InChI is InChI=1S/C11H16F2N2/c1-8(4-5-14)7-15-11-6-9(12)2-3-10(11)13/h2-3,6,8,15H,4-5,7,14H2,1H3. The van der Waals surface area contributed by atoms with Crippen LogP contribution in [0.25, 0.3) is 0 Å². The molecule has 3 N–H and O–H groups in total. The lowest BCUT2D eigenvalue weighted by atomic mass is 10.1. The Bertz CT molecular complexity index is 315. The van der Waals surface area contributed by atoms with Gasteiger partial charge in [-0.2, -0.15) is 0 Å². The van der Waals surface area contributed by atoms with Crippen molar-refractivity contribution < 1.29 is 8.78 Å². The zero-order chi connectivity index (χ0) is 11.3. The summed E-state index contributed by atoms with van der Waals surface area (Å²) in [6, 6.07) is 3.37. The lowest BCUT2D eigenvalue weighted by Crippen LogP contribution is -2.15. The van der Waals surface area contributed by atoms with Crippen LogP contribution in [0.5, 0.6) is 0 Å². The Balaban J connectivity index is 2.53. The van der Waals surface area contributed by atoms with Crippen LogP contribution in [0, 0.1) is 17.6 Å². The van der Waals surface area contributed by atoms with E-state index in [1.807, 2.05) is 6.92 Å². The Morgan fingerprint density at radius 1 is 1.40 bits per heavy atom. The molecular formula is C11H16F2N2. The van der Waals surface area contributed by atoms with Crippen molar-refractivity contribution in [3.8, 4) is 0 Å². The summed E-state index contributed by atoms with van der Waals surface area (Å²) in [5, 5.41) is 2.87. The smallest absolute Gasteiger partial charge is 0.146 e. The van der Waals surface area contributed by atoms with E-state index in [9.17, 15) is 8.78 Å². The van der Waals surface area contributed by atoms with Gasteiger partial charge < -0.3 is 11.1 Å². The van der Waals surface area contributed by atoms with E-state index < -0.39 is 11.6 Å². The summed E-state index contributed by atoms with van der Waals surface area (Å²) in [5.74, 6) is -0.528. The zero-order valence-corrected chi connectivity index (χ0v) is 8.76. The quantitative estimate of drug-likeness (QED) is 0.789. The fraction of sp³-hybridized carbons (Fsp3) is 0.455. The highest BCUT2D eigenvalue weighted by molar-refractivity contribution is 5.44. The number of halogens is 2. The van der Waals surface area contributed by atoms with Gasteiger partial charge in [0.25, 0.3) is 0 Å². The monoisotopic (exact) mass is 214 g/mol. The van der Waals surface area contributed by atoms with Crippen LogP contribution < -0.4 is 11.1 Å². The zero-order valence-electron chi connectivity index (χ0n) is 8.76. The summed E-state index contributed by atoms with van der Waals surface area (Å²) in [4.78, 5) is 0. The average molecular weight is 214 g/mol. The molecule has 0 saturated carbocycles. The molecule has 1 aromatic rings. The van der Waals surface area contributed by atoms with E-state index in [4.69, 9.17) is 5.73 Å². The molecule has 0 radical (unpaired) electrons. The third-order valence-corrected chi connectivity index (χ3v) is 2.23. The summed E-state index contributed by atoms with van der Waals surface area (Å²) in [5.41, 5.74) is 5.60. The number of anilines is 1. The van der Waals surface area contributed by atoms with Gasteiger partial charge in [0.05, 0.1) is 5.69 Å². The summed E-state index contributed by atoms with van der Waals surface area (Å²) >= 11 is 0. The largest absolute Gasteiger partial charge is 0.382 e. The first-order chi connectivity index (χ1) is 7.13. The lowest BCUT2D eigenvalue weighted by Gasteiger charge is -2.12. The molecule has 0 aliphatic rings. The molecule has 0 amide bonds. The van der Waals surface area contributed by atoms with Crippen LogP contribution in [0.15, 0.2) is 18.2 Å². The first-order valence-corrected chi connectivity index (χ1v) is 5.02. The van der Waals surface area contributed by atoms with E-state index in [0.29, 0.717) is 19.0 Å². The second-order valence-corrected chi connectivity index (χ2v) is 3.69. The molecule has 2 nitrogen and oxygen atoms in total. The maximum absolute atomic E-state index is 13.2. The van der Waals surface area contributed by atoms with Crippen LogP contribution in [-0.2, 0) is 0 Å². The van der Waals surface area contributed by atoms with Gasteiger partial charge in [-0.25, -0.2) is 8.78 Å². The highest BCUT2D eigenvalue weighted by atomic mass is 19.1. The third kappa shape index (κ3) is 3.83. The number of rotatable bonds is 5. The molecule has 1 aromatic carbocycles. The van der Waals surface area contributed by atoms with Gasteiger partial charge >= 0.3 is 0 Å². The molecule has 1 rings (SSSR count). The highest BCUT2D eigenvalue weighted by Crippen LogP contribution is 2.15. The van der Waals surface area contributed by atoms with Crippen molar-refractivity contribution >= 4 is 5.69 Å². The average Bonchev–Trinajstić information content (AvgIpc) is 2.20. The predicted octanol–water partition coefficient (Wildman–Crippen LogP) is 2.36. The Morgan fingerprint density at radius 2 is 2.13 bits per heavy atom. The van der Waals surface area contributed by atoms with Crippen LogP contribution in [-0.4, -0.2) is 13.1 Å². The third-order valence-electron chi connectivity index (χ3n) is 2.23. The maximum atomic E-state index is 13.2. The van der Waals surface area contributed by atoms with Crippen LogP contribution in [0.1, 0.15) is 13.3 Å². The van der Waals surface area contributed by atoms with E-state index >= 15 is 0 Å². The summed E-state index contributed by atoms with van der Waals surface area (Å²) in [6.45, 7) is 3.21. The summed E-state index contributed by atoms with van der Waals surface area (Å²) in [6.07, 6.45) is 0.865. The first-order valence-electron chi connectivity index (χ1n) is 5.02. The van der Waals surface area contributed by atoms with Gasteiger partial charge in [0, 0.05) is 6.54 Å². The van der Waals surface area contributed by atoms with E-state index in [0.717, 1.165) is 24.6 Å². The predicted molar refractivity (Wildman–Crippen MR) is 57.7 cm³/mol. The van der Waals surface area contributed by atoms with E-state index in [1.54, 1.807) is 0 Å². The van der Waals surface area contributed by atoms with Gasteiger partial charge in [0.2, 0.25) is 0 Å². The molecule has 1 atom stereocenters. The number of benzene rings is 1. The number of nitrogens with two attached hydrogens (primary N) is 1. The molecule has 0 bridgehead atoms. The molecule has 0 saturated heterocycles. The van der Waals surface area contributed by atoms with Gasteiger partial charge in [0.15, 0.2) is 0 Å².